The Hall–Kier alpha value is -3.51. The third-order valence-corrected chi connectivity index (χ3v) is 6.62. The zero-order chi connectivity index (χ0) is 25.8. The minimum atomic E-state index is -2.42. The monoisotopic (exact) mass is 529 g/mol. The number of carbonyl (C=O) groups is 1. The Morgan fingerprint density at radius 3 is 2.56 bits per heavy atom. The van der Waals surface area contributed by atoms with E-state index < -0.39 is 22.9 Å². The van der Waals surface area contributed by atoms with Crippen molar-refractivity contribution in [2.75, 3.05) is 6.54 Å². The van der Waals surface area contributed by atoms with Gasteiger partial charge in [0, 0.05) is 70.8 Å². The molecule has 0 aliphatic rings. The van der Waals surface area contributed by atoms with Crippen molar-refractivity contribution in [1.29, 1.82) is 0 Å². The number of benzene rings is 2. The molecule has 11 heteroatoms. The summed E-state index contributed by atoms with van der Waals surface area (Å²) in [5.74, 6) is -1.64. The van der Waals surface area contributed by atoms with Gasteiger partial charge in [0.25, 0.3) is 5.56 Å². The summed E-state index contributed by atoms with van der Waals surface area (Å²) in [5, 5.41) is 3.42. The van der Waals surface area contributed by atoms with Crippen molar-refractivity contribution in [2.45, 2.75) is 6.42 Å². The number of halogens is 2. The lowest BCUT2D eigenvalue weighted by Crippen LogP contribution is -2.19. The van der Waals surface area contributed by atoms with E-state index in [2.05, 4.69) is 4.72 Å². The Morgan fingerprint density at radius 1 is 1.06 bits per heavy atom. The third kappa shape index (κ3) is 5.65. The number of carbonyl (C=O) groups excluding carboxylic acids is 1. The average molecular weight is 530 g/mol. The summed E-state index contributed by atoms with van der Waals surface area (Å²) in [6, 6.07) is 9.37. The summed E-state index contributed by atoms with van der Waals surface area (Å²) < 4.78 is 59.0. The van der Waals surface area contributed by atoms with Crippen LogP contribution < -0.4 is 15.0 Å². The second kappa shape index (κ2) is 11.0. The van der Waals surface area contributed by atoms with Crippen LogP contribution in [-0.4, -0.2) is 26.2 Å². The van der Waals surface area contributed by atoms with Crippen molar-refractivity contribution in [2.24, 2.45) is 7.05 Å². The molecule has 0 aliphatic carbocycles. The molecule has 0 saturated heterocycles. The predicted molar refractivity (Wildman–Crippen MR) is 133 cm³/mol. The molecule has 36 heavy (non-hydrogen) atoms. The van der Waals surface area contributed by atoms with E-state index in [0.717, 1.165) is 11.6 Å². The molecule has 186 valence electrons. The molecular formula is C25H19F2N2O5S2-. The fraction of sp³-hybridized carbons (Fsp3) is 0.120. The maximum atomic E-state index is 14.4. The van der Waals surface area contributed by atoms with Crippen molar-refractivity contribution in [3.8, 4) is 33.8 Å². The van der Waals surface area contributed by atoms with E-state index in [1.54, 1.807) is 42.2 Å². The number of nitrogens with one attached hydrogen (secondary N) is 1. The number of aryl methyl sites for hydroxylation is 1. The quantitative estimate of drug-likeness (QED) is 0.253. The normalized spacial score (nSPS) is 11.9. The molecule has 0 aliphatic heterocycles. The first-order valence-electron chi connectivity index (χ1n) is 10.6. The molecule has 4 rings (SSSR count). The van der Waals surface area contributed by atoms with Gasteiger partial charge in [-0.05, 0) is 47.2 Å². The van der Waals surface area contributed by atoms with Crippen molar-refractivity contribution < 1.29 is 27.1 Å². The van der Waals surface area contributed by atoms with Gasteiger partial charge in [-0.2, -0.15) is 11.3 Å². The molecule has 0 saturated carbocycles. The minimum absolute atomic E-state index is 0.141. The Bertz CT molecular complexity index is 1520. The predicted octanol–water partition coefficient (Wildman–Crippen LogP) is 4.59. The smallest absolute Gasteiger partial charge is 0.250 e. The maximum absolute atomic E-state index is 14.4. The Balaban J connectivity index is 1.90. The lowest BCUT2D eigenvalue weighted by atomic mass is 9.94. The summed E-state index contributed by atoms with van der Waals surface area (Å²) in [5.41, 5.74) is 2.85. The molecular weight excluding hydrogens is 510 g/mol. The number of ether oxygens (including phenoxy) is 1. The first-order valence-corrected chi connectivity index (χ1v) is 12.6. The fourth-order valence-corrected chi connectivity index (χ4v) is 4.74. The molecule has 2 heterocycles. The highest BCUT2D eigenvalue weighted by Gasteiger charge is 2.19. The van der Waals surface area contributed by atoms with Gasteiger partial charge in [-0.25, -0.2) is 13.5 Å². The highest BCUT2D eigenvalue weighted by atomic mass is 32.2. The highest BCUT2D eigenvalue weighted by Crippen LogP contribution is 2.41. The number of hydrogen-bond acceptors (Lipinski definition) is 6. The zero-order valence-electron chi connectivity index (χ0n) is 18.8. The van der Waals surface area contributed by atoms with E-state index in [0.29, 0.717) is 46.6 Å². The minimum Gasteiger partial charge on any atom is -0.760 e. The van der Waals surface area contributed by atoms with Gasteiger partial charge >= 0.3 is 0 Å². The number of aromatic nitrogens is 1. The molecule has 1 N–H and O–H groups in total. The van der Waals surface area contributed by atoms with E-state index in [-0.39, 0.29) is 23.6 Å². The molecule has 7 nitrogen and oxygen atoms in total. The zero-order valence-corrected chi connectivity index (χ0v) is 20.5. The number of nitrogens with zero attached hydrogens (tertiary/aromatic N) is 1. The van der Waals surface area contributed by atoms with Crippen LogP contribution in [0.15, 0.2) is 64.2 Å². The molecule has 2 aromatic heterocycles. The van der Waals surface area contributed by atoms with Crippen molar-refractivity contribution in [1.82, 2.24) is 9.29 Å². The largest absolute Gasteiger partial charge is 0.760 e. The van der Waals surface area contributed by atoms with Crippen LogP contribution in [0.4, 0.5) is 8.78 Å². The molecule has 4 aromatic rings. The molecule has 1 unspecified atom stereocenters. The number of rotatable bonds is 9. The molecule has 0 spiro atoms. The summed E-state index contributed by atoms with van der Waals surface area (Å²) in [7, 11) is 1.57. The van der Waals surface area contributed by atoms with E-state index >= 15 is 0 Å². The van der Waals surface area contributed by atoms with Gasteiger partial charge in [0.1, 0.15) is 11.6 Å². The first-order chi connectivity index (χ1) is 17.3. The SMILES string of the molecule is Cn1cc(-c2cc(CCNS(=O)[O-])ccc2Oc2ccc(F)cc2F)c(-c2cscc2C=O)cc1=O. The lowest BCUT2D eigenvalue weighted by molar-refractivity contribution is 0.112. The van der Waals surface area contributed by atoms with Crippen LogP contribution in [0.3, 0.4) is 0 Å². The van der Waals surface area contributed by atoms with Gasteiger partial charge in [0.05, 0.1) is 0 Å². The van der Waals surface area contributed by atoms with Crippen LogP contribution in [-0.2, 0) is 24.7 Å². The molecule has 0 amide bonds. The molecule has 0 radical (unpaired) electrons. The van der Waals surface area contributed by atoms with E-state index in [1.807, 2.05) is 0 Å². The highest BCUT2D eigenvalue weighted by molar-refractivity contribution is 7.77. The summed E-state index contributed by atoms with van der Waals surface area (Å²) in [4.78, 5) is 24.2. The van der Waals surface area contributed by atoms with Crippen LogP contribution in [0, 0.1) is 11.6 Å². The van der Waals surface area contributed by atoms with Gasteiger partial charge in [0.2, 0.25) is 0 Å². The van der Waals surface area contributed by atoms with Gasteiger partial charge < -0.3 is 13.9 Å². The van der Waals surface area contributed by atoms with E-state index in [1.165, 1.54) is 28.0 Å². The van der Waals surface area contributed by atoms with Gasteiger partial charge in [-0.15, -0.1) is 0 Å². The van der Waals surface area contributed by atoms with Crippen LogP contribution in [0.2, 0.25) is 0 Å². The van der Waals surface area contributed by atoms with Crippen molar-refractivity contribution >= 4 is 28.9 Å². The Labute approximate surface area is 211 Å². The van der Waals surface area contributed by atoms with Crippen LogP contribution in [0.1, 0.15) is 15.9 Å². The van der Waals surface area contributed by atoms with Gasteiger partial charge in [0.15, 0.2) is 17.9 Å². The van der Waals surface area contributed by atoms with Crippen LogP contribution in [0.5, 0.6) is 11.5 Å². The van der Waals surface area contributed by atoms with Crippen LogP contribution in [0.25, 0.3) is 22.3 Å². The molecule has 2 aromatic carbocycles. The molecule has 0 fully saturated rings. The molecule has 1 atom stereocenters. The van der Waals surface area contributed by atoms with E-state index in [9.17, 15) is 27.1 Å². The lowest BCUT2D eigenvalue weighted by Gasteiger charge is -2.17. The topological polar surface area (TPSA) is 100 Å². The van der Waals surface area contributed by atoms with Crippen LogP contribution >= 0.6 is 11.3 Å². The van der Waals surface area contributed by atoms with Crippen molar-refractivity contribution in [3.05, 3.63) is 92.5 Å². The summed E-state index contributed by atoms with van der Waals surface area (Å²) in [6.07, 6.45) is 2.62. The first kappa shape index (κ1) is 25.6. The van der Waals surface area contributed by atoms with Crippen molar-refractivity contribution in [3.63, 3.8) is 0 Å². The summed E-state index contributed by atoms with van der Waals surface area (Å²) >= 11 is -1.11. The van der Waals surface area contributed by atoms with Gasteiger partial charge in [-0.1, -0.05) is 6.07 Å². The second-order valence-electron chi connectivity index (χ2n) is 7.79. The Morgan fingerprint density at radius 2 is 1.83 bits per heavy atom. The number of thiophene rings is 1. The number of aldehydes is 1. The standard InChI is InChI=1S/C25H20F2N2O5S2/c1-29-11-20(18(10-25(29)31)21-14-35-13-16(21)12-30)19-8-15(6-7-28-36(32)33)2-4-23(19)34-24-5-3-17(26)9-22(24)27/h2-5,8-14,28H,6-7H2,1H3,(H,32,33)/p-1. The summed E-state index contributed by atoms with van der Waals surface area (Å²) in [6.45, 7) is 0.141. The third-order valence-electron chi connectivity index (χ3n) is 5.42. The van der Waals surface area contributed by atoms with Gasteiger partial charge in [-0.3, -0.25) is 13.8 Å². The number of hydrogen-bond donors (Lipinski definition) is 1. The molecule has 0 bridgehead atoms. The average Bonchev–Trinajstić information content (AvgIpc) is 3.31. The van der Waals surface area contributed by atoms with E-state index in [4.69, 9.17) is 4.74 Å². The fourth-order valence-electron chi connectivity index (χ4n) is 3.67. The maximum Gasteiger partial charge on any atom is 0.250 e. The second-order valence-corrected chi connectivity index (χ2v) is 9.30. The Kier molecular flexibility index (Phi) is 7.85. The number of pyridine rings is 1.